The predicted molar refractivity (Wildman–Crippen MR) is 69.7 cm³/mol. The Kier molecular flexibility index (Phi) is 7.00. The van der Waals surface area contributed by atoms with Crippen LogP contribution in [0.25, 0.3) is 0 Å². The van der Waals surface area contributed by atoms with Crippen molar-refractivity contribution in [2.45, 2.75) is 46.1 Å². The average molecular weight is 249 g/mol. The molecule has 1 heterocycles. The van der Waals surface area contributed by atoms with Gasteiger partial charge in [-0.1, -0.05) is 27.2 Å². The minimum absolute atomic E-state index is 0. The SMILES string of the molecule is CCC1CCN(C(=O)[C@H](N)C(C)C)CC1.Cl. The summed E-state index contributed by atoms with van der Waals surface area (Å²) in [5, 5.41) is 0. The van der Waals surface area contributed by atoms with Gasteiger partial charge in [-0.25, -0.2) is 0 Å². The lowest BCUT2D eigenvalue weighted by atomic mass is 9.93. The standard InChI is InChI=1S/C12H24N2O.ClH/c1-4-10-5-7-14(8-6-10)12(15)11(13)9(2)3;/h9-11H,4-8,13H2,1-3H3;1H/t11-;/m1./s1. The van der Waals surface area contributed by atoms with Gasteiger partial charge in [0, 0.05) is 13.1 Å². The third-order valence-corrected chi connectivity index (χ3v) is 3.51. The molecule has 0 aliphatic carbocycles. The van der Waals surface area contributed by atoms with Gasteiger partial charge in [-0.3, -0.25) is 4.79 Å². The zero-order chi connectivity index (χ0) is 11.4. The van der Waals surface area contributed by atoms with Gasteiger partial charge in [-0.2, -0.15) is 0 Å². The van der Waals surface area contributed by atoms with Crippen molar-refractivity contribution < 1.29 is 4.79 Å². The first-order valence-corrected chi connectivity index (χ1v) is 6.10. The lowest BCUT2D eigenvalue weighted by Crippen LogP contribution is -2.49. The number of likely N-dealkylation sites (tertiary alicyclic amines) is 1. The number of nitrogens with zero attached hydrogens (tertiary/aromatic N) is 1. The van der Waals surface area contributed by atoms with E-state index in [1.807, 2.05) is 18.7 Å². The molecule has 1 atom stereocenters. The lowest BCUT2D eigenvalue weighted by molar-refractivity contribution is -0.135. The first-order chi connectivity index (χ1) is 7.06. The second-order valence-corrected chi connectivity index (χ2v) is 4.95. The third kappa shape index (κ3) is 3.95. The molecule has 1 aliphatic rings. The molecule has 16 heavy (non-hydrogen) atoms. The molecule has 96 valence electrons. The number of piperidine rings is 1. The summed E-state index contributed by atoms with van der Waals surface area (Å²) in [5.74, 6) is 1.19. The Morgan fingerprint density at radius 3 is 2.25 bits per heavy atom. The van der Waals surface area contributed by atoms with Gasteiger partial charge in [0.05, 0.1) is 6.04 Å². The molecule has 4 heteroatoms. The van der Waals surface area contributed by atoms with Crippen LogP contribution < -0.4 is 5.73 Å². The summed E-state index contributed by atoms with van der Waals surface area (Å²) in [6, 6.07) is -0.317. The number of carbonyl (C=O) groups is 1. The van der Waals surface area contributed by atoms with Gasteiger partial charge in [0.25, 0.3) is 0 Å². The first kappa shape index (κ1) is 15.7. The molecule has 1 aliphatic heterocycles. The van der Waals surface area contributed by atoms with E-state index in [1.165, 1.54) is 6.42 Å². The van der Waals surface area contributed by atoms with E-state index in [4.69, 9.17) is 5.73 Å². The number of carbonyl (C=O) groups excluding carboxylic acids is 1. The van der Waals surface area contributed by atoms with Crippen molar-refractivity contribution in [2.24, 2.45) is 17.6 Å². The number of nitrogens with two attached hydrogens (primary N) is 1. The number of hydrogen-bond acceptors (Lipinski definition) is 2. The Labute approximate surface area is 105 Å². The predicted octanol–water partition coefficient (Wildman–Crippen LogP) is 2.04. The van der Waals surface area contributed by atoms with Crippen LogP contribution in [0.15, 0.2) is 0 Å². The van der Waals surface area contributed by atoms with Crippen molar-refractivity contribution in [2.75, 3.05) is 13.1 Å². The maximum Gasteiger partial charge on any atom is 0.239 e. The van der Waals surface area contributed by atoms with Gasteiger partial charge < -0.3 is 10.6 Å². The summed E-state index contributed by atoms with van der Waals surface area (Å²) >= 11 is 0. The highest BCUT2D eigenvalue weighted by atomic mass is 35.5. The highest BCUT2D eigenvalue weighted by Gasteiger charge is 2.26. The highest BCUT2D eigenvalue weighted by molar-refractivity contribution is 5.85. The molecule has 2 N–H and O–H groups in total. The molecule has 0 aromatic carbocycles. The molecule has 0 unspecified atom stereocenters. The summed E-state index contributed by atoms with van der Waals surface area (Å²) in [6.45, 7) is 8.03. The van der Waals surface area contributed by atoms with Crippen LogP contribution >= 0.6 is 12.4 Å². The maximum atomic E-state index is 11.9. The molecule has 1 saturated heterocycles. The molecular weight excluding hydrogens is 224 g/mol. The van der Waals surface area contributed by atoms with E-state index >= 15 is 0 Å². The molecular formula is C12H25ClN2O. The Balaban J connectivity index is 0.00000225. The average Bonchev–Trinajstić information content (AvgIpc) is 2.27. The Morgan fingerprint density at radius 1 is 1.38 bits per heavy atom. The van der Waals surface area contributed by atoms with Crippen molar-refractivity contribution in [3.63, 3.8) is 0 Å². The molecule has 0 radical (unpaired) electrons. The van der Waals surface area contributed by atoms with Crippen LogP contribution in [0.5, 0.6) is 0 Å². The van der Waals surface area contributed by atoms with Crippen LogP contribution in [0.2, 0.25) is 0 Å². The molecule has 0 spiro atoms. The van der Waals surface area contributed by atoms with Crippen LogP contribution in [0.1, 0.15) is 40.0 Å². The summed E-state index contributed by atoms with van der Waals surface area (Å²) in [4.78, 5) is 13.9. The van der Waals surface area contributed by atoms with Crippen molar-refractivity contribution in [3.8, 4) is 0 Å². The van der Waals surface area contributed by atoms with Crippen LogP contribution in [0.3, 0.4) is 0 Å². The number of amides is 1. The van der Waals surface area contributed by atoms with Crippen LogP contribution in [-0.2, 0) is 4.79 Å². The summed E-state index contributed by atoms with van der Waals surface area (Å²) in [5.41, 5.74) is 5.87. The summed E-state index contributed by atoms with van der Waals surface area (Å²) in [6.07, 6.45) is 3.53. The fourth-order valence-corrected chi connectivity index (χ4v) is 2.06. The minimum atomic E-state index is -0.317. The molecule has 0 saturated carbocycles. The van der Waals surface area contributed by atoms with Gasteiger partial charge in [0.1, 0.15) is 0 Å². The van der Waals surface area contributed by atoms with Crippen LogP contribution in [0, 0.1) is 11.8 Å². The maximum absolute atomic E-state index is 11.9. The smallest absolute Gasteiger partial charge is 0.239 e. The second kappa shape index (κ2) is 7.13. The van der Waals surface area contributed by atoms with Gasteiger partial charge in [-0.15, -0.1) is 12.4 Å². The third-order valence-electron chi connectivity index (χ3n) is 3.51. The van der Waals surface area contributed by atoms with E-state index in [9.17, 15) is 4.79 Å². The van der Waals surface area contributed by atoms with Crippen molar-refractivity contribution in [1.82, 2.24) is 4.90 Å². The zero-order valence-corrected chi connectivity index (χ0v) is 11.4. The Morgan fingerprint density at radius 2 is 1.88 bits per heavy atom. The van der Waals surface area contributed by atoms with Crippen LogP contribution in [-0.4, -0.2) is 29.9 Å². The van der Waals surface area contributed by atoms with Gasteiger partial charge >= 0.3 is 0 Å². The number of halogens is 1. The van der Waals surface area contributed by atoms with E-state index in [2.05, 4.69) is 6.92 Å². The molecule has 0 aromatic rings. The van der Waals surface area contributed by atoms with Gasteiger partial charge in [0.2, 0.25) is 5.91 Å². The largest absolute Gasteiger partial charge is 0.341 e. The quantitative estimate of drug-likeness (QED) is 0.831. The van der Waals surface area contributed by atoms with E-state index in [1.54, 1.807) is 0 Å². The molecule has 1 amide bonds. The van der Waals surface area contributed by atoms with E-state index < -0.39 is 0 Å². The van der Waals surface area contributed by atoms with Gasteiger partial charge in [-0.05, 0) is 24.7 Å². The second-order valence-electron chi connectivity index (χ2n) is 4.95. The lowest BCUT2D eigenvalue weighted by Gasteiger charge is -2.33. The topological polar surface area (TPSA) is 46.3 Å². The number of hydrogen-bond donors (Lipinski definition) is 1. The highest BCUT2D eigenvalue weighted by Crippen LogP contribution is 2.20. The number of rotatable bonds is 3. The molecule has 0 aromatic heterocycles. The van der Waals surface area contributed by atoms with Gasteiger partial charge in [0.15, 0.2) is 0 Å². The normalized spacial score (nSPS) is 19.4. The summed E-state index contributed by atoms with van der Waals surface area (Å²) in [7, 11) is 0. The van der Waals surface area contributed by atoms with Crippen molar-refractivity contribution in [1.29, 1.82) is 0 Å². The minimum Gasteiger partial charge on any atom is -0.341 e. The van der Waals surface area contributed by atoms with E-state index in [-0.39, 0.29) is 30.3 Å². The van der Waals surface area contributed by atoms with E-state index in [0.29, 0.717) is 0 Å². The molecule has 0 bridgehead atoms. The summed E-state index contributed by atoms with van der Waals surface area (Å²) < 4.78 is 0. The molecule has 1 fully saturated rings. The first-order valence-electron chi connectivity index (χ1n) is 6.10. The molecule has 1 rings (SSSR count). The fourth-order valence-electron chi connectivity index (χ4n) is 2.06. The van der Waals surface area contributed by atoms with Crippen molar-refractivity contribution in [3.05, 3.63) is 0 Å². The van der Waals surface area contributed by atoms with Crippen LogP contribution in [0.4, 0.5) is 0 Å². The fraction of sp³-hybridized carbons (Fsp3) is 0.917. The monoisotopic (exact) mass is 248 g/mol. The Hall–Kier alpha value is -0.280. The zero-order valence-electron chi connectivity index (χ0n) is 10.6. The van der Waals surface area contributed by atoms with E-state index in [0.717, 1.165) is 31.8 Å². The Bertz CT molecular complexity index is 213. The van der Waals surface area contributed by atoms with Crippen molar-refractivity contribution >= 4 is 18.3 Å². The molecule has 3 nitrogen and oxygen atoms in total.